The Morgan fingerprint density at radius 2 is 2.34 bits per heavy atom. The van der Waals surface area contributed by atoms with E-state index in [1.807, 2.05) is 29.9 Å². The number of carbonyl (C=O) groups excluding carboxylic acids is 1. The number of nitrogens with zero attached hydrogens (tertiary/aromatic N) is 4. The summed E-state index contributed by atoms with van der Waals surface area (Å²) < 4.78 is 8.75. The minimum Gasteiger partial charge on any atom is -0.376 e. The third-order valence-corrected chi connectivity index (χ3v) is 7.19. The van der Waals surface area contributed by atoms with E-state index < -0.39 is 0 Å². The molecule has 0 bridgehead atoms. The molecule has 9 heteroatoms. The second-order valence-electron chi connectivity index (χ2n) is 6.94. The highest BCUT2D eigenvalue weighted by Crippen LogP contribution is 2.30. The number of nitriles is 1. The van der Waals surface area contributed by atoms with Crippen molar-refractivity contribution < 1.29 is 9.53 Å². The second kappa shape index (κ2) is 8.53. The first-order chi connectivity index (χ1) is 14.1. The van der Waals surface area contributed by atoms with Crippen LogP contribution in [0.1, 0.15) is 29.7 Å². The van der Waals surface area contributed by atoms with Gasteiger partial charge in [-0.1, -0.05) is 11.8 Å². The smallest absolute Gasteiger partial charge is 0.235 e. The Hall–Kier alpha value is -2.41. The van der Waals surface area contributed by atoms with Crippen LogP contribution in [0.15, 0.2) is 22.8 Å². The molecule has 0 spiro atoms. The molecule has 0 radical (unpaired) electrons. The summed E-state index contributed by atoms with van der Waals surface area (Å²) in [5.41, 5.74) is 3.28. The summed E-state index contributed by atoms with van der Waals surface area (Å²) in [6.45, 7) is 5.30. The van der Waals surface area contributed by atoms with Gasteiger partial charge >= 0.3 is 0 Å². The molecule has 0 aliphatic carbocycles. The van der Waals surface area contributed by atoms with Crippen LogP contribution in [0.4, 0.5) is 5.82 Å². The highest BCUT2D eigenvalue weighted by molar-refractivity contribution is 8.00. The van der Waals surface area contributed by atoms with Crippen molar-refractivity contribution in [1.82, 2.24) is 14.5 Å². The van der Waals surface area contributed by atoms with Crippen LogP contribution in [0, 0.1) is 25.2 Å². The van der Waals surface area contributed by atoms with Crippen LogP contribution in [-0.4, -0.2) is 38.9 Å². The Labute approximate surface area is 177 Å². The summed E-state index contributed by atoms with van der Waals surface area (Å²) in [5.74, 6) is 0.603. The van der Waals surface area contributed by atoms with Crippen LogP contribution >= 0.6 is 23.1 Å². The van der Waals surface area contributed by atoms with Gasteiger partial charge in [-0.2, -0.15) is 5.26 Å². The number of fused-ring (bicyclic) bond motifs is 1. The van der Waals surface area contributed by atoms with Crippen molar-refractivity contribution >= 4 is 45.0 Å². The fourth-order valence-corrected chi connectivity index (χ4v) is 5.27. The zero-order valence-electron chi connectivity index (χ0n) is 16.3. The number of amides is 1. The summed E-state index contributed by atoms with van der Waals surface area (Å²) >= 11 is 2.94. The first-order valence-corrected chi connectivity index (χ1v) is 11.3. The monoisotopic (exact) mass is 427 g/mol. The number of nitrogens with one attached hydrogen (secondary N) is 1. The van der Waals surface area contributed by atoms with Gasteiger partial charge in [0.1, 0.15) is 23.2 Å². The van der Waals surface area contributed by atoms with E-state index in [2.05, 4.69) is 21.4 Å². The van der Waals surface area contributed by atoms with Gasteiger partial charge in [-0.05, 0) is 43.7 Å². The normalized spacial score (nSPS) is 16.2. The number of rotatable bonds is 6. The minimum absolute atomic E-state index is 0.116. The van der Waals surface area contributed by atoms with E-state index in [1.165, 1.54) is 18.1 Å². The molecule has 4 heterocycles. The average Bonchev–Trinajstić information content (AvgIpc) is 3.44. The maximum atomic E-state index is 12.7. The fourth-order valence-electron chi connectivity index (χ4n) is 3.52. The molecule has 4 rings (SSSR count). The van der Waals surface area contributed by atoms with E-state index >= 15 is 0 Å². The summed E-state index contributed by atoms with van der Waals surface area (Å²) in [4.78, 5) is 21.2. The molecular weight excluding hydrogens is 406 g/mol. The lowest BCUT2D eigenvalue weighted by atomic mass is 10.2. The van der Waals surface area contributed by atoms with Crippen LogP contribution in [0.2, 0.25) is 0 Å². The Balaban J connectivity index is 1.51. The second-order valence-corrected chi connectivity index (χ2v) is 8.82. The molecule has 3 aromatic heterocycles. The molecule has 1 N–H and O–H groups in total. The van der Waals surface area contributed by atoms with Crippen molar-refractivity contribution in [3.8, 4) is 6.07 Å². The maximum absolute atomic E-state index is 12.7. The van der Waals surface area contributed by atoms with Crippen molar-refractivity contribution in [1.29, 1.82) is 5.26 Å². The molecule has 1 aliphatic heterocycles. The lowest BCUT2D eigenvalue weighted by Gasteiger charge is -2.16. The van der Waals surface area contributed by atoms with Crippen molar-refractivity contribution in [3.63, 3.8) is 0 Å². The molecule has 29 heavy (non-hydrogen) atoms. The molecule has 3 aromatic rings. The number of hydrogen-bond donors (Lipinski definition) is 1. The quantitative estimate of drug-likeness (QED) is 0.474. The highest BCUT2D eigenvalue weighted by atomic mass is 32.2. The zero-order chi connectivity index (χ0) is 20.4. The van der Waals surface area contributed by atoms with Crippen LogP contribution in [-0.2, 0) is 16.1 Å². The van der Waals surface area contributed by atoms with Gasteiger partial charge in [0.15, 0.2) is 0 Å². The first-order valence-electron chi connectivity index (χ1n) is 9.40. The number of thiophene rings is 1. The van der Waals surface area contributed by atoms with Gasteiger partial charge in [-0.15, -0.1) is 11.3 Å². The predicted molar refractivity (Wildman–Crippen MR) is 114 cm³/mol. The van der Waals surface area contributed by atoms with Gasteiger partial charge in [0.2, 0.25) is 5.91 Å². The van der Waals surface area contributed by atoms with Gasteiger partial charge in [-0.3, -0.25) is 4.79 Å². The van der Waals surface area contributed by atoms with Crippen LogP contribution in [0.25, 0.3) is 10.2 Å². The first kappa shape index (κ1) is 19.9. The maximum Gasteiger partial charge on any atom is 0.235 e. The van der Waals surface area contributed by atoms with Crippen molar-refractivity contribution in [2.24, 2.45) is 0 Å². The molecule has 1 atom stereocenters. The number of ether oxygens (including phenoxy) is 1. The summed E-state index contributed by atoms with van der Waals surface area (Å²) in [6.07, 6.45) is 3.67. The number of carbonyl (C=O) groups is 1. The summed E-state index contributed by atoms with van der Waals surface area (Å²) in [6, 6.07) is 4.19. The standard InChI is InChI=1S/C20H21N5O2S2/c1-12-13(2)25(9-14-4-3-6-27-14)19(15(12)8-21)24-17(26)10-29-20-18-16(5-7-28-18)22-11-23-20/h5,7,11,14H,3-4,6,9-10H2,1-2H3,(H,24,26). The van der Waals surface area contributed by atoms with E-state index in [0.29, 0.717) is 17.9 Å². The predicted octanol–water partition coefficient (Wildman–Crippen LogP) is 3.89. The number of thioether (sulfide) groups is 1. The third-order valence-electron chi connectivity index (χ3n) is 5.16. The van der Waals surface area contributed by atoms with E-state index in [1.54, 1.807) is 11.3 Å². The van der Waals surface area contributed by atoms with Gasteiger partial charge in [0.05, 0.1) is 34.2 Å². The molecule has 0 saturated carbocycles. The van der Waals surface area contributed by atoms with E-state index in [9.17, 15) is 10.1 Å². The van der Waals surface area contributed by atoms with Gasteiger partial charge in [-0.25, -0.2) is 9.97 Å². The molecule has 0 aromatic carbocycles. The average molecular weight is 428 g/mol. The largest absolute Gasteiger partial charge is 0.376 e. The number of aromatic nitrogens is 3. The number of anilines is 1. The highest BCUT2D eigenvalue weighted by Gasteiger charge is 2.24. The van der Waals surface area contributed by atoms with Crippen molar-refractivity contribution in [2.75, 3.05) is 17.7 Å². The molecule has 1 aliphatic rings. The molecular formula is C20H21N5O2S2. The van der Waals surface area contributed by atoms with E-state index in [-0.39, 0.29) is 17.8 Å². The molecule has 1 saturated heterocycles. The van der Waals surface area contributed by atoms with Gasteiger partial charge in [0, 0.05) is 12.3 Å². The Morgan fingerprint density at radius 1 is 1.48 bits per heavy atom. The Bertz CT molecular complexity index is 1090. The number of hydrogen-bond acceptors (Lipinski definition) is 7. The molecule has 1 unspecified atom stereocenters. The third kappa shape index (κ3) is 4.01. The Morgan fingerprint density at radius 3 is 3.10 bits per heavy atom. The molecule has 150 valence electrons. The molecule has 1 fully saturated rings. The van der Waals surface area contributed by atoms with E-state index in [4.69, 9.17) is 4.74 Å². The van der Waals surface area contributed by atoms with Crippen LogP contribution in [0.5, 0.6) is 0 Å². The van der Waals surface area contributed by atoms with Crippen molar-refractivity contribution in [2.45, 2.75) is 44.4 Å². The van der Waals surface area contributed by atoms with Gasteiger partial charge < -0.3 is 14.6 Å². The topological polar surface area (TPSA) is 92.8 Å². The fraction of sp³-hybridized carbons (Fsp3) is 0.400. The minimum atomic E-state index is -0.166. The molecule has 7 nitrogen and oxygen atoms in total. The van der Waals surface area contributed by atoms with Crippen LogP contribution < -0.4 is 5.32 Å². The van der Waals surface area contributed by atoms with E-state index in [0.717, 1.165) is 45.9 Å². The Kier molecular flexibility index (Phi) is 5.85. The lowest BCUT2D eigenvalue weighted by molar-refractivity contribution is -0.113. The molecule has 1 amide bonds. The summed E-state index contributed by atoms with van der Waals surface area (Å²) in [5, 5.41) is 15.4. The SMILES string of the molecule is Cc1c(C#N)c(NC(=O)CSc2ncnc3ccsc23)n(CC2CCCO2)c1C. The lowest BCUT2D eigenvalue weighted by Crippen LogP contribution is -2.22. The van der Waals surface area contributed by atoms with Crippen LogP contribution in [0.3, 0.4) is 0 Å². The zero-order valence-corrected chi connectivity index (χ0v) is 17.9. The summed E-state index contributed by atoms with van der Waals surface area (Å²) in [7, 11) is 0. The van der Waals surface area contributed by atoms with Gasteiger partial charge in [0.25, 0.3) is 0 Å². The van der Waals surface area contributed by atoms with Crippen molar-refractivity contribution in [3.05, 3.63) is 34.6 Å².